The summed E-state index contributed by atoms with van der Waals surface area (Å²) in [5.74, 6) is -0.231. The van der Waals surface area contributed by atoms with Crippen LogP contribution in [0.15, 0.2) is 24.3 Å². The first kappa shape index (κ1) is 18.0. The average molecular weight is 330 g/mol. The Bertz CT molecular complexity index is 482. The van der Waals surface area contributed by atoms with Gasteiger partial charge in [-0.2, -0.15) is 0 Å². The van der Waals surface area contributed by atoms with E-state index in [1.54, 1.807) is 24.3 Å². The fourth-order valence-electron chi connectivity index (χ4n) is 1.94. The summed E-state index contributed by atoms with van der Waals surface area (Å²) in [6, 6.07) is 5.19. The van der Waals surface area contributed by atoms with Crippen molar-refractivity contribution in [3.63, 3.8) is 0 Å². The quantitative estimate of drug-likeness (QED) is 0.745. The lowest BCUT2D eigenvalue weighted by atomic mass is 9.83. The normalized spacial score (nSPS) is 11.9. The van der Waals surface area contributed by atoms with Gasteiger partial charge in [0.05, 0.1) is 6.61 Å². The number of benzene rings is 1. The molecule has 0 spiro atoms. The summed E-state index contributed by atoms with van der Waals surface area (Å²) in [6.45, 7) is 4.51. The molecule has 1 aromatic rings. The molecule has 1 aromatic carbocycles. The molecule has 0 bridgehead atoms. The van der Waals surface area contributed by atoms with Crippen molar-refractivity contribution in [3.05, 3.63) is 39.9 Å². The van der Waals surface area contributed by atoms with Crippen molar-refractivity contribution in [3.8, 4) is 0 Å². The van der Waals surface area contributed by atoms with Gasteiger partial charge in [-0.1, -0.05) is 43.1 Å². The fraction of sp³-hybridized carbons (Fsp3) is 0.438. The van der Waals surface area contributed by atoms with Gasteiger partial charge in [-0.05, 0) is 31.1 Å². The predicted molar refractivity (Wildman–Crippen MR) is 88.6 cm³/mol. The molecular formula is C16H21Cl2NO2. The lowest BCUT2D eigenvalue weighted by molar-refractivity contribution is -0.117. The number of carbonyl (C=O) groups excluding carboxylic acids is 1. The zero-order valence-electron chi connectivity index (χ0n) is 12.3. The summed E-state index contributed by atoms with van der Waals surface area (Å²) in [4.78, 5) is 11.9. The van der Waals surface area contributed by atoms with Gasteiger partial charge in [0.25, 0.3) is 0 Å². The second kappa shape index (κ2) is 8.42. The Balaban J connectivity index is 2.68. The molecule has 21 heavy (non-hydrogen) atoms. The fourth-order valence-corrected chi connectivity index (χ4v) is 2.47. The van der Waals surface area contributed by atoms with Crippen LogP contribution in [0.4, 0.5) is 0 Å². The SMILES string of the molecule is CCC(CC)(CO)CNC(=O)/C=C/c1c(Cl)cccc1Cl. The third-order valence-electron chi connectivity index (χ3n) is 3.87. The smallest absolute Gasteiger partial charge is 0.244 e. The first-order chi connectivity index (χ1) is 9.98. The number of rotatable bonds is 7. The van der Waals surface area contributed by atoms with Crippen LogP contribution in [-0.4, -0.2) is 24.2 Å². The molecular weight excluding hydrogens is 309 g/mol. The van der Waals surface area contributed by atoms with Crippen LogP contribution in [0.2, 0.25) is 10.0 Å². The molecule has 1 amide bonds. The van der Waals surface area contributed by atoms with Crippen LogP contribution in [-0.2, 0) is 4.79 Å². The Kier molecular flexibility index (Phi) is 7.23. The third-order valence-corrected chi connectivity index (χ3v) is 4.53. The Hall–Kier alpha value is -1.03. The highest BCUT2D eigenvalue weighted by atomic mass is 35.5. The molecule has 0 atom stereocenters. The largest absolute Gasteiger partial charge is 0.396 e. The van der Waals surface area contributed by atoms with Crippen molar-refractivity contribution >= 4 is 35.2 Å². The van der Waals surface area contributed by atoms with Crippen molar-refractivity contribution in [2.45, 2.75) is 26.7 Å². The van der Waals surface area contributed by atoms with E-state index in [1.165, 1.54) is 6.08 Å². The number of halogens is 2. The Labute approximate surface area is 136 Å². The van der Waals surface area contributed by atoms with Crippen LogP contribution in [0.1, 0.15) is 32.3 Å². The third kappa shape index (κ3) is 5.03. The van der Waals surface area contributed by atoms with Crippen molar-refractivity contribution in [2.75, 3.05) is 13.2 Å². The maximum Gasteiger partial charge on any atom is 0.244 e. The van der Waals surface area contributed by atoms with Crippen molar-refractivity contribution in [2.24, 2.45) is 5.41 Å². The molecule has 0 fully saturated rings. The molecule has 3 nitrogen and oxygen atoms in total. The van der Waals surface area contributed by atoms with Gasteiger partial charge in [0, 0.05) is 33.6 Å². The highest BCUT2D eigenvalue weighted by Gasteiger charge is 2.25. The van der Waals surface area contributed by atoms with Crippen LogP contribution >= 0.6 is 23.2 Å². The number of carbonyl (C=O) groups is 1. The van der Waals surface area contributed by atoms with Crippen LogP contribution in [0.5, 0.6) is 0 Å². The summed E-state index contributed by atoms with van der Waals surface area (Å²) in [7, 11) is 0. The molecule has 0 aliphatic heterocycles. The van der Waals surface area contributed by atoms with E-state index < -0.39 is 0 Å². The standard InChI is InChI=1S/C16H21Cl2NO2/c1-3-16(4-2,11-20)10-19-15(21)9-8-12-13(17)6-5-7-14(12)18/h5-9,20H,3-4,10-11H2,1-2H3,(H,19,21)/b9-8+. The molecule has 0 aromatic heterocycles. The summed E-state index contributed by atoms with van der Waals surface area (Å²) in [5, 5.41) is 13.3. The monoisotopic (exact) mass is 329 g/mol. The first-order valence-corrected chi connectivity index (χ1v) is 7.74. The molecule has 0 aliphatic carbocycles. The maximum absolute atomic E-state index is 11.9. The van der Waals surface area contributed by atoms with Crippen molar-refractivity contribution < 1.29 is 9.90 Å². The molecule has 2 N–H and O–H groups in total. The number of amides is 1. The van der Waals surface area contributed by atoms with E-state index in [0.717, 1.165) is 12.8 Å². The molecule has 0 saturated carbocycles. The number of hydrogen-bond donors (Lipinski definition) is 2. The summed E-state index contributed by atoms with van der Waals surface area (Å²) in [5.41, 5.74) is 0.362. The van der Waals surface area contributed by atoms with Gasteiger partial charge < -0.3 is 10.4 Å². The van der Waals surface area contributed by atoms with E-state index in [9.17, 15) is 9.90 Å². The molecule has 0 heterocycles. The summed E-state index contributed by atoms with van der Waals surface area (Å²) in [6.07, 6.45) is 4.61. The van der Waals surface area contributed by atoms with Gasteiger partial charge >= 0.3 is 0 Å². The van der Waals surface area contributed by atoms with Crippen LogP contribution in [0.25, 0.3) is 6.08 Å². The minimum atomic E-state index is -0.258. The Morgan fingerprint density at radius 2 is 1.86 bits per heavy atom. The molecule has 116 valence electrons. The minimum Gasteiger partial charge on any atom is -0.396 e. The zero-order chi connectivity index (χ0) is 15.9. The van der Waals surface area contributed by atoms with Gasteiger partial charge in [-0.15, -0.1) is 0 Å². The minimum absolute atomic E-state index is 0.0559. The highest BCUT2D eigenvalue weighted by molar-refractivity contribution is 6.37. The van der Waals surface area contributed by atoms with Crippen LogP contribution < -0.4 is 5.32 Å². The summed E-state index contributed by atoms with van der Waals surface area (Å²) < 4.78 is 0. The lowest BCUT2D eigenvalue weighted by Crippen LogP contribution is -2.38. The topological polar surface area (TPSA) is 49.3 Å². The van der Waals surface area contributed by atoms with E-state index >= 15 is 0 Å². The molecule has 1 rings (SSSR count). The zero-order valence-corrected chi connectivity index (χ0v) is 13.8. The van der Waals surface area contributed by atoms with E-state index in [4.69, 9.17) is 23.2 Å². The van der Waals surface area contributed by atoms with E-state index in [2.05, 4.69) is 5.32 Å². The number of nitrogens with one attached hydrogen (secondary N) is 1. The maximum atomic E-state index is 11.9. The van der Waals surface area contributed by atoms with Crippen molar-refractivity contribution in [1.29, 1.82) is 0 Å². The predicted octanol–water partition coefficient (Wildman–Crippen LogP) is 3.92. The van der Waals surface area contributed by atoms with Gasteiger partial charge in [0.1, 0.15) is 0 Å². The highest BCUT2D eigenvalue weighted by Crippen LogP contribution is 2.26. The number of aliphatic hydroxyl groups excluding tert-OH is 1. The van der Waals surface area contributed by atoms with Gasteiger partial charge in [0.15, 0.2) is 0 Å². The van der Waals surface area contributed by atoms with Crippen LogP contribution in [0.3, 0.4) is 0 Å². The molecule has 0 aliphatic rings. The van der Waals surface area contributed by atoms with Gasteiger partial charge in [-0.25, -0.2) is 0 Å². The number of aliphatic hydroxyl groups is 1. The van der Waals surface area contributed by atoms with Crippen LogP contribution in [0, 0.1) is 5.41 Å². The number of hydrogen-bond acceptors (Lipinski definition) is 2. The average Bonchev–Trinajstić information content (AvgIpc) is 2.49. The summed E-state index contributed by atoms with van der Waals surface area (Å²) >= 11 is 12.1. The first-order valence-electron chi connectivity index (χ1n) is 6.98. The van der Waals surface area contributed by atoms with Gasteiger partial charge in [0.2, 0.25) is 5.91 Å². The molecule has 5 heteroatoms. The van der Waals surface area contributed by atoms with Crippen molar-refractivity contribution in [1.82, 2.24) is 5.32 Å². The molecule has 0 saturated heterocycles. The van der Waals surface area contributed by atoms with E-state index in [-0.39, 0.29) is 17.9 Å². The molecule has 0 unspecified atom stereocenters. The molecule has 0 radical (unpaired) electrons. The lowest BCUT2D eigenvalue weighted by Gasteiger charge is -2.29. The second-order valence-corrected chi connectivity index (χ2v) is 5.87. The Morgan fingerprint density at radius 3 is 2.33 bits per heavy atom. The second-order valence-electron chi connectivity index (χ2n) is 5.05. The van der Waals surface area contributed by atoms with E-state index in [1.807, 2.05) is 13.8 Å². The Morgan fingerprint density at radius 1 is 1.29 bits per heavy atom. The van der Waals surface area contributed by atoms with Gasteiger partial charge in [-0.3, -0.25) is 4.79 Å². The van der Waals surface area contributed by atoms with E-state index in [0.29, 0.717) is 22.2 Å².